The quantitative estimate of drug-likeness (QED) is 0.346. The van der Waals surface area contributed by atoms with Gasteiger partial charge in [-0.1, -0.05) is 30.3 Å². The summed E-state index contributed by atoms with van der Waals surface area (Å²) in [6.07, 6.45) is 4.68. The summed E-state index contributed by atoms with van der Waals surface area (Å²) in [5, 5.41) is 3.52. The molecule has 0 saturated carbocycles. The molecule has 1 N–H and O–H groups in total. The van der Waals surface area contributed by atoms with E-state index in [0.29, 0.717) is 5.41 Å². The highest BCUT2D eigenvalue weighted by atomic mass is 127. The summed E-state index contributed by atoms with van der Waals surface area (Å²) in [5.74, 6) is 1.05. The Kier molecular flexibility index (Phi) is 7.14. The Morgan fingerprint density at radius 3 is 2.83 bits per heavy atom. The van der Waals surface area contributed by atoms with Gasteiger partial charge in [-0.3, -0.25) is 4.99 Å². The van der Waals surface area contributed by atoms with Gasteiger partial charge in [0.2, 0.25) is 0 Å². The molecule has 1 aromatic carbocycles. The molecule has 0 aliphatic carbocycles. The largest absolute Gasteiger partial charge is 0.381 e. The molecule has 1 spiro atoms. The van der Waals surface area contributed by atoms with Gasteiger partial charge >= 0.3 is 0 Å². The first-order valence-corrected chi connectivity index (χ1v) is 8.39. The van der Waals surface area contributed by atoms with Crippen molar-refractivity contribution < 1.29 is 4.74 Å². The molecule has 2 heterocycles. The zero-order chi connectivity index (χ0) is 15.3. The molecule has 1 aromatic rings. The van der Waals surface area contributed by atoms with E-state index in [1.165, 1.54) is 18.4 Å². The molecular weight excluding hydrogens is 401 g/mol. The number of hydrogen-bond acceptors (Lipinski definition) is 2. The molecule has 0 radical (unpaired) electrons. The minimum absolute atomic E-state index is 0. The number of halogens is 1. The van der Waals surface area contributed by atoms with Crippen molar-refractivity contribution >= 4 is 29.9 Å². The Morgan fingerprint density at radius 1 is 1.30 bits per heavy atom. The van der Waals surface area contributed by atoms with Crippen molar-refractivity contribution in [2.75, 3.05) is 39.9 Å². The summed E-state index contributed by atoms with van der Waals surface area (Å²) in [7, 11) is 1.88. The van der Waals surface area contributed by atoms with Gasteiger partial charge in [0.05, 0.1) is 6.61 Å². The van der Waals surface area contributed by atoms with Gasteiger partial charge in [-0.15, -0.1) is 24.0 Å². The second-order valence-corrected chi connectivity index (χ2v) is 6.54. The molecule has 0 aromatic heterocycles. The molecule has 0 amide bonds. The molecule has 4 nitrogen and oxygen atoms in total. The summed E-state index contributed by atoms with van der Waals surface area (Å²) in [5.41, 5.74) is 1.80. The Balaban J connectivity index is 0.00000192. The molecule has 2 fully saturated rings. The predicted octanol–water partition coefficient (Wildman–Crippen LogP) is 2.93. The van der Waals surface area contributed by atoms with E-state index >= 15 is 0 Å². The number of guanidine groups is 1. The topological polar surface area (TPSA) is 36.9 Å². The third-order valence-corrected chi connectivity index (χ3v) is 4.90. The van der Waals surface area contributed by atoms with Gasteiger partial charge in [0.15, 0.2) is 5.96 Å². The average molecular weight is 429 g/mol. The highest BCUT2D eigenvalue weighted by Crippen LogP contribution is 2.38. The third-order valence-electron chi connectivity index (χ3n) is 4.90. The first-order valence-electron chi connectivity index (χ1n) is 8.39. The molecule has 1 atom stereocenters. The first-order chi connectivity index (χ1) is 10.8. The summed E-state index contributed by atoms with van der Waals surface area (Å²) in [6, 6.07) is 10.7. The van der Waals surface area contributed by atoms with E-state index in [1.807, 2.05) is 7.05 Å². The maximum absolute atomic E-state index is 5.60. The number of rotatable bonds is 4. The van der Waals surface area contributed by atoms with Crippen LogP contribution < -0.4 is 5.32 Å². The van der Waals surface area contributed by atoms with Gasteiger partial charge in [0, 0.05) is 38.7 Å². The molecule has 0 bridgehead atoms. The second kappa shape index (κ2) is 8.87. The van der Waals surface area contributed by atoms with Crippen molar-refractivity contribution in [2.24, 2.45) is 10.4 Å². The van der Waals surface area contributed by atoms with Crippen LogP contribution in [0, 0.1) is 5.41 Å². The van der Waals surface area contributed by atoms with Crippen LogP contribution in [0.1, 0.15) is 24.8 Å². The number of benzene rings is 1. The lowest BCUT2D eigenvalue weighted by Gasteiger charge is -2.24. The Morgan fingerprint density at radius 2 is 2.13 bits per heavy atom. The lowest BCUT2D eigenvalue weighted by Crippen LogP contribution is -2.41. The van der Waals surface area contributed by atoms with Crippen LogP contribution in [-0.2, 0) is 11.2 Å². The fraction of sp³-hybridized carbons (Fsp3) is 0.611. The van der Waals surface area contributed by atoms with Gasteiger partial charge < -0.3 is 15.0 Å². The van der Waals surface area contributed by atoms with Crippen molar-refractivity contribution in [2.45, 2.75) is 25.7 Å². The maximum atomic E-state index is 5.60. The van der Waals surface area contributed by atoms with Crippen molar-refractivity contribution in [3.63, 3.8) is 0 Å². The normalized spacial score (nSPS) is 24.0. The molecule has 23 heavy (non-hydrogen) atoms. The number of hydrogen-bond donors (Lipinski definition) is 1. The van der Waals surface area contributed by atoms with Crippen LogP contribution in [-0.4, -0.2) is 50.8 Å². The highest BCUT2D eigenvalue weighted by Gasteiger charge is 2.42. The van der Waals surface area contributed by atoms with Crippen LogP contribution in [0.25, 0.3) is 0 Å². The second-order valence-electron chi connectivity index (χ2n) is 6.54. The molecule has 5 heteroatoms. The fourth-order valence-corrected chi connectivity index (χ4v) is 3.56. The van der Waals surface area contributed by atoms with Crippen LogP contribution in [0.5, 0.6) is 0 Å². The van der Waals surface area contributed by atoms with Gasteiger partial charge in [0.1, 0.15) is 0 Å². The van der Waals surface area contributed by atoms with Gasteiger partial charge in [-0.25, -0.2) is 0 Å². The summed E-state index contributed by atoms with van der Waals surface area (Å²) < 4.78 is 5.60. The third kappa shape index (κ3) is 4.83. The SMILES string of the molecule is CN=C(NCCCc1ccccc1)N1CCC2(CCOC2)C1.I. The monoisotopic (exact) mass is 429 g/mol. The molecule has 2 aliphatic heterocycles. The van der Waals surface area contributed by atoms with Crippen molar-refractivity contribution in [1.29, 1.82) is 0 Å². The van der Waals surface area contributed by atoms with Gasteiger partial charge in [0.25, 0.3) is 0 Å². The fourth-order valence-electron chi connectivity index (χ4n) is 3.56. The lowest BCUT2D eigenvalue weighted by atomic mass is 9.87. The Labute approximate surface area is 156 Å². The number of nitrogens with one attached hydrogen (secondary N) is 1. The highest BCUT2D eigenvalue weighted by molar-refractivity contribution is 14.0. The minimum Gasteiger partial charge on any atom is -0.381 e. The lowest BCUT2D eigenvalue weighted by molar-refractivity contribution is 0.156. The van der Waals surface area contributed by atoms with Crippen LogP contribution >= 0.6 is 24.0 Å². The van der Waals surface area contributed by atoms with Crippen LogP contribution in [0.4, 0.5) is 0 Å². The number of aryl methyl sites for hydroxylation is 1. The van der Waals surface area contributed by atoms with E-state index in [9.17, 15) is 0 Å². The predicted molar refractivity (Wildman–Crippen MR) is 106 cm³/mol. The van der Waals surface area contributed by atoms with E-state index in [-0.39, 0.29) is 24.0 Å². The minimum atomic E-state index is 0. The molecule has 128 valence electrons. The Hall–Kier alpha value is -0.820. The molecule has 2 aliphatic rings. The number of nitrogens with zero attached hydrogens (tertiary/aromatic N) is 2. The molecular formula is C18H28IN3O. The van der Waals surface area contributed by atoms with Crippen LogP contribution in [0.3, 0.4) is 0 Å². The number of ether oxygens (including phenoxy) is 1. The van der Waals surface area contributed by atoms with E-state index in [4.69, 9.17) is 4.74 Å². The molecule has 1 unspecified atom stereocenters. The van der Waals surface area contributed by atoms with E-state index in [0.717, 1.165) is 51.6 Å². The van der Waals surface area contributed by atoms with Crippen molar-refractivity contribution in [1.82, 2.24) is 10.2 Å². The summed E-state index contributed by atoms with van der Waals surface area (Å²) in [6.45, 7) is 5.01. The van der Waals surface area contributed by atoms with E-state index in [2.05, 4.69) is 45.5 Å². The standard InChI is InChI=1S/C18H27N3O.HI/c1-19-17(20-11-5-8-16-6-3-2-4-7-16)21-12-9-18(14-21)10-13-22-15-18;/h2-4,6-7H,5,8-15H2,1H3,(H,19,20);1H. The smallest absolute Gasteiger partial charge is 0.193 e. The van der Waals surface area contributed by atoms with E-state index in [1.54, 1.807) is 0 Å². The van der Waals surface area contributed by atoms with Crippen LogP contribution in [0.15, 0.2) is 35.3 Å². The zero-order valence-electron chi connectivity index (χ0n) is 14.0. The summed E-state index contributed by atoms with van der Waals surface area (Å²) in [4.78, 5) is 6.86. The van der Waals surface area contributed by atoms with Gasteiger partial charge in [-0.2, -0.15) is 0 Å². The Bertz CT molecular complexity index is 500. The maximum Gasteiger partial charge on any atom is 0.193 e. The molecule has 3 rings (SSSR count). The molecule has 2 saturated heterocycles. The van der Waals surface area contributed by atoms with Crippen molar-refractivity contribution in [3.8, 4) is 0 Å². The average Bonchev–Trinajstić information content (AvgIpc) is 3.19. The van der Waals surface area contributed by atoms with E-state index < -0.39 is 0 Å². The summed E-state index contributed by atoms with van der Waals surface area (Å²) >= 11 is 0. The number of likely N-dealkylation sites (tertiary alicyclic amines) is 1. The van der Waals surface area contributed by atoms with Gasteiger partial charge in [-0.05, 0) is 31.2 Å². The number of aliphatic imine (C=N–C) groups is 1. The zero-order valence-corrected chi connectivity index (χ0v) is 16.3. The first kappa shape index (κ1) is 18.5. The van der Waals surface area contributed by atoms with Crippen molar-refractivity contribution in [3.05, 3.63) is 35.9 Å². The van der Waals surface area contributed by atoms with Crippen LogP contribution in [0.2, 0.25) is 0 Å².